The normalized spacial score (nSPS) is 10.7. The lowest BCUT2D eigenvalue weighted by atomic mass is 10.2. The molecule has 1 heterocycles. The molecule has 0 unspecified atom stereocenters. The molecule has 0 atom stereocenters. The molecule has 0 spiro atoms. The zero-order chi connectivity index (χ0) is 20.6. The molecule has 29 heavy (non-hydrogen) atoms. The summed E-state index contributed by atoms with van der Waals surface area (Å²) in [7, 11) is 1.53. The van der Waals surface area contributed by atoms with Gasteiger partial charge in [0.15, 0.2) is 6.61 Å². The van der Waals surface area contributed by atoms with Crippen molar-refractivity contribution in [3.05, 3.63) is 64.6 Å². The number of nitrogens with zero attached hydrogens (tertiary/aromatic N) is 2. The van der Waals surface area contributed by atoms with E-state index < -0.39 is 18.5 Å². The van der Waals surface area contributed by atoms with E-state index in [1.54, 1.807) is 24.3 Å². The van der Waals surface area contributed by atoms with Gasteiger partial charge in [-0.1, -0.05) is 39.2 Å². The van der Waals surface area contributed by atoms with Crippen molar-refractivity contribution in [3.63, 3.8) is 0 Å². The third-order valence-corrected chi connectivity index (χ3v) is 4.12. The number of hydrogen-bond donors (Lipinski definition) is 1. The quantitative estimate of drug-likeness (QED) is 0.425. The van der Waals surface area contributed by atoms with Crippen molar-refractivity contribution in [2.45, 2.75) is 0 Å². The van der Waals surface area contributed by atoms with Crippen LogP contribution in [0, 0.1) is 0 Å². The summed E-state index contributed by atoms with van der Waals surface area (Å²) in [6.07, 6.45) is 2.74. The topological polar surface area (TPSA) is 104 Å². The predicted octanol–water partition coefficient (Wildman–Crippen LogP) is 3.70. The van der Waals surface area contributed by atoms with Crippen molar-refractivity contribution < 1.29 is 23.5 Å². The van der Waals surface area contributed by atoms with Gasteiger partial charge in [-0.25, -0.2) is 4.79 Å². The van der Waals surface area contributed by atoms with Crippen molar-refractivity contribution in [3.8, 4) is 17.2 Å². The van der Waals surface area contributed by atoms with E-state index in [1.165, 1.54) is 19.3 Å². The van der Waals surface area contributed by atoms with Gasteiger partial charge >= 0.3 is 12.0 Å². The molecule has 2 aromatic carbocycles. The second-order valence-corrected chi connectivity index (χ2v) is 6.57. The summed E-state index contributed by atoms with van der Waals surface area (Å²) in [6.45, 7) is -0.498. The van der Waals surface area contributed by atoms with Gasteiger partial charge < -0.3 is 13.9 Å². The Morgan fingerprint density at radius 1 is 1.17 bits per heavy atom. The van der Waals surface area contributed by atoms with Gasteiger partial charge in [0, 0.05) is 21.7 Å². The van der Waals surface area contributed by atoms with Gasteiger partial charge in [0.1, 0.15) is 5.75 Å². The number of benzene rings is 2. The van der Waals surface area contributed by atoms with Crippen LogP contribution in [0.2, 0.25) is 0 Å². The number of nitrogens with one attached hydrogen (secondary N) is 1. The van der Waals surface area contributed by atoms with E-state index in [-0.39, 0.29) is 11.9 Å². The van der Waals surface area contributed by atoms with Crippen LogP contribution in [0.25, 0.3) is 17.5 Å². The van der Waals surface area contributed by atoms with Crippen molar-refractivity contribution in [2.24, 2.45) is 0 Å². The average molecular weight is 458 g/mol. The summed E-state index contributed by atoms with van der Waals surface area (Å²) < 4.78 is 16.3. The molecule has 0 saturated carbocycles. The highest BCUT2D eigenvalue weighted by Crippen LogP contribution is 2.24. The molecular weight excluding hydrogens is 442 g/mol. The van der Waals surface area contributed by atoms with E-state index in [4.69, 9.17) is 13.9 Å². The van der Waals surface area contributed by atoms with Gasteiger partial charge in [-0.2, -0.15) is 0 Å². The second kappa shape index (κ2) is 9.65. The minimum absolute atomic E-state index is 0.0840. The van der Waals surface area contributed by atoms with Gasteiger partial charge in [-0.05, 0) is 36.4 Å². The molecule has 0 aliphatic carbocycles. The molecule has 9 heteroatoms. The van der Waals surface area contributed by atoms with E-state index in [9.17, 15) is 9.59 Å². The Hall–Kier alpha value is -3.46. The first-order valence-corrected chi connectivity index (χ1v) is 9.21. The van der Waals surface area contributed by atoms with Crippen LogP contribution in [-0.2, 0) is 14.3 Å². The highest BCUT2D eigenvalue weighted by molar-refractivity contribution is 9.10. The van der Waals surface area contributed by atoms with Crippen molar-refractivity contribution in [2.75, 3.05) is 19.0 Å². The van der Waals surface area contributed by atoms with Crippen LogP contribution < -0.4 is 10.1 Å². The first-order valence-electron chi connectivity index (χ1n) is 8.42. The van der Waals surface area contributed by atoms with Gasteiger partial charge in [0.05, 0.1) is 7.11 Å². The summed E-state index contributed by atoms with van der Waals surface area (Å²) in [6, 6.07) is 14.4. The number of carbonyl (C=O) groups excluding carboxylic acids is 2. The SMILES string of the molecule is COc1ccc(Br)cc1/C=C/C(=O)OCC(=O)Nc1nnc(-c2ccccc2)o1. The van der Waals surface area contributed by atoms with Crippen LogP contribution in [0.15, 0.2) is 63.5 Å². The number of halogens is 1. The minimum Gasteiger partial charge on any atom is -0.496 e. The van der Waals surface area contributed by atoms with E-state index in [0.29, 0.717) is 11.3 Å². The Bertz CT molecular complexity index is 1030. The summed E-state index contributed by atoms with van der Waals surface area (Å²) >= 11 is 3.35. The Morgan fingerprint density at radius 3 is 2.72 bits per heavy atom. The standard InChI is InChI=1S/C20H16BrN3O5/c1-27-16-9-8-15(21)11-14(16)7-10-18(26)28-12-17(25)22-20-24-23-19(29-20)13-5-3-2-4-6-13/h2-11H,12H2,1H3,(H,22,24,25)/b10-7+. The van der Waals surface area contributed by atoms with Crippen molar-refractivity contribution in [1.82, 2.24) is 10.2 Å². The van der Waals surface area contributed by atoms with Crippen LogP contribution in [-0.4, -0.2) is 35.8 Å². The van der Waals surface area contributed by atoms with Crippen molar-refractivity contribution >= 4 is 39.9 Å². The molecule has 1 amide bonds. The zero-order valence-electron chi connectivity index (χ0n) is 15.3. The van der Waals surface area contributed by atoms with E-state index in [2.05, 4.69) is 31.4 Å². The molecule has 0 fully saturated rings. The summed E-state index contributed by atoms with van der Waals surface area (Å²) in [5.41, 5.74) is 1.41. The van der Waals surface area contributed by atoms with E-state index >= 15 is 0 Å². The fraction of sp³-hybridized carbons (Fsp3) is 0.100. The molecule has 3 aromatic rings. The highest BCUT2D eigenvalue weighted by atomic mass is 79.9. The molecule has 8 nitrogen and oxygen atoms in total. The fourth-order valence-electron chi connectivity index (χ4n) is 2.30. The molecule has 0 aliphatic heterocycles. The molecular formula is C20H16BrN3O5. The Balaban J connectivity index is 1.51. The molecule has 0 saturated heterocycles. The van der Waals surface area contributed by atoms with Crippen LogP contribution in [0.5, 0.6) is 5.75 Å². The molecule has 1 N–H and O–H groups in total. The summed E-state index contributed by atoms with van der Waals surface area (Å²) in [5.74, 6) is -0.419. The Morgan fingerprint density at radius 2 is 1.97 bits per heavy atom. The van der Waals surface area contributed by atoms with Crippen molar-refractivity contribution in [1.29, 1.82) is 0 Å². The van der Waals surface area contributed by atoms with Gasteiger partial charge in [-0.3, -0.25) is 10.1 Å². The number of rotatable bonds is 7. The maximum Gasteiger partial charge on any atom is 0.331 e. The Labute approximate surface area is 174 Å². The number of amides is 1. The largest absolute Gasteiger partial charge is 0.496 e. The fourth-order valence-corrected chi connectivity index (χ4v) is 2.68. The second-order valence-electron chi connectivity index (χ2n) is 5.65. The van der Waals surface area contributed by atoms with Crippen LogP contribution in [0.1, 0.15) is 5.56 Å². The summed E-state index contributed by atoms with van der Waals surface area (Å²) in [5, 5.41) is 9.98. The third-order valence-electron chi connectivity index (χ3n) is 3.63. The molecule has 0 bridgehead atoms. The maximum absolute atomic E-state index is 11.9. The number of anilines is 1. The van der Waals surface area contributed by atoms with Crippen LogP contribution >= 0.6 is 15.9 Å². The predicted molar refractivity (Wildman–Crippen MR) is 109 cm³/mol. The van der Waals surface area contributed by atoms with Crippen LogP contribution in [0.4, 0.5) is 6.01 Å². The van der Waals surface area contributed by atoms with E-state index in [0.717, 1.165) is 10.0 Å². The highest BCUT2D eigenvalue weighted by Gasteiger charge is 2.12. The first kappa shape index (κ1) is 20.3. The number of ether oxygens (including phenoxy) is 2. The molecule has 1 aromatic heterocycles. The minimum atomic E-state index is -0.683. The number of esters is 1. The molecule has 0 radical (unpaired) electrons. The average Bonchev–Trinajstić information content (AvgIpc) is 3.20. The third kappa shape index (κ3) is 5.76. The van der Waals surface area contributed by atoms with Crippen LogP contribution in [0.3, 0.4) is 0 Å². The molecule has 148 valence electrons. The lowest BCUT2D eigenvalue weighted by molar-refractivity contribution is -0.142. The Kier molecular flexibility index (Phi) is 6.75. The number of methoxy groups -OCH3 is 1. The van der Waals surface area contributed by atoms with Gasteiger partial charge in [0.2, 0.25) is 5.89 Å². The first-order chi connectivity index (χ1) is 14.0. The summed E-state index contributed by atoms with van der Waals surface area (Å²) in [4.78, 5) is 23.8. The smallest absolute Gasteiger partial charge is 0.331 e. The maximum atomic E-state index is 11.9. The lowest BCUT2D eigenvalue weighted by Crippen LogP contribution is -2.20. The monoisotopic (exact) mass is 457 g/mol. The lowest BCUT2D eigenvalue weighted by Gasteiger charge is -2.05. The van der Waals surface area contributed by atoms with E-state index in [1.807, 2.05) is 24.3 Å². The van der Waals surface area contributed by atoms with Gasteiger partial charge in [-0.15, -0.1) is 5.10 Å². The van der Waals surface area contributed by atoms with Gasteiger partial charge in [0.25, 0.3) is 5.91 Å². The number of aromatic nitrogens is 2. The zero-order valence-corrected chi connectivity index (χ0v) is 16.9. The number of hydrogen-bond acceptors (Lipinski definition) is 7. The molecule has 3 rings (SSSR count). The number of carbonyl (C=O) groups is 2. The molecule has 0 aliphatic rings.